The number of carbonyl (C=O) groups is 1. The highest BCUT2D eigenvalue weighted by atomic mass is 32.1. The van der Waals surface area contributed by atoms with Crippen molar-refractivity contribution >= 4 is 18.6 Å². The van der Waals surface area contributed by atoms with Crippen molar-refractivity contribution < 1.29 is 9.53 Å². The van der Waals surface area contributed by atoms with Crippen molar-refractivity contribution in [3.63, 3.8) is 0 Å². The Balaban J connectivity index is 3.06. The molecule has 0 aliphatic rings. The molecule has 2 nitrogen and oxygen atoms in total. The molecule has 0 radical (unpaired) electrons. The monoisotopic (exact) mass is 344 g/mol. The molecule has 1 unspecified atom stereocenters. The number of thiol groups is 1. The van der Waals surface area contributed by atoms with Crippen LogP contribution in [0.15, 0.2) is 0 Å². The predicted octanol–water partition coefficient (Wildman–Crippen LogP) is 7.07. The summed E-state index contributed by atoms with van der Waals surface area (Å²) >= 11 is 4.05. The average molecular weight is 345 g/mol. The van der Waals surface area contributed by atoms with E-state index in [1.807, 2.05) is 0 Å². The summed E-state index contributed by atoms with van der Waals surface area (Å²) in [5.41, 5.74) is -0.279. The third kappa shape index (κ3) is 19.8. The van der Waals surface area contributed by atoms with Crippen molar-refractivity contribution in [2.75, 3.05) is 0 Å². The maximum atomic E-state index is 11.3. The predicted molar refractivity (Wildman–Crippen MR) is 104 cm³/mol. The van der Waals surface area contributed by atoms with E-state index in [-0.39, 0.29) is 11.4 Å². The largest absolute Gasteiger partial charge is 0.452 e. The lowest BCUT2D eigenvalue weighted by molar-refractivity contribution is -0.144. The van der Waals surface area contributed by atoms with E-state index in [4.69, 9.17) is 4.74 Å². The Hall–Kier alpha value is -0.180. The van der Waals surface area contributed by atoms with Crippen LogP contribution in [0.3, 0.4) is 0 Å². The molecule has 0 aromatic rings. The van der Waals surface area contributed by atoms with Gasteiger partial charge >= 0.3 is 5.97 Å². The fraction of sp³-hybridized carbons (Fsp3) is 0.950. The summed E-state index contributed by atoms with van der Waals surface area (Å²) in [6.45, 7) is 4.05. The van der Waals surface area contributed by atoms with Gasteiger partial charge in [-0.2, -0.15) is 0 Å². The molecule has 0 bridgehead atoms. The summed E-state index contributed by atoms with van der Waals surface area (Å²) < 4.78 is 4.99. The van der Waals surface area contributed by atoms with E-state index in [2.05, 4.69) is 19.6 Å². The summed E-state index contributed by atoms with van der Waals surface area (Å²) in [4.78, 5) is 11.3. The van der Waals surface area contributed by atoms with Crippen molar-refractivity contribution in [2.45, 2.75) is 122 Å². The van der Waals surface area contributed by atoms with Gasteiger partial charge in [0.05, 0.1) is 0 Å². The summed E-state index contributed by atoms with van der Waals surface area (Å²) in [6, 6.07) is 0. The lowest BCUT2D eigenvalue weighted by atomic mass is 10.0. The first-order valence-corrected chi connectivity index (χ1v) is 10.6. The lowest BCUT2D eigenvalue weighted by Gasteiger charge is -2.06. The van der Waals surface area contributed by atoms with Gasteiger partial charge in [0.25, 0.3) is 0 Å². The van der Waals surface area contributed by atoms with Crippen LogP contribution in [0.4, 0.5) is 0 Å². The number of hydrogen-bond acceptors (Lipinski definition) is 3. The summed E-state index contributed by atoms with van der Waals surface area (Å²) in [7, 11) is 0. The Morgan fingerprint density at radius 3 is 1.43 bits per heavy atom. The van der Waals surface area contributed by atoms with E-state index >= 15 is 0 Å². The quantitative estimate of drug-likeness (QED) is 0.132. The molecule has 0 rings (SSSR count). The van der Waals surface area contributed by atoms with Crippen LogP contribution in [-0.4, -0.2) is 11.4 Å². The van der Waals surface area contributed by atoms with Crippen molar-refractivity contribution in [3.05, 3.63) is 0 Å². The molecule has 0 aliphatic carbocycles. The number of unbranched alkanes of at least 4 members (excludes halogenated alkanes) is 14. The van der Waals surface area contributed by atoms with Gasteiger partial charge in [0, 0.05) is 6.42 Å². The standard InChI is InChI=1S/C20H40O2S/c1-3-4-5-6-7-8-9-10-11-12-13-14-15-16-17-18-20(21)22-19(2)23/h19,23H,3-18H2,1-2H3. The molecule has 3 heteroatoms. The van der Waals surface area contributed by atoms with Crippen molar-refractivity contribution in [1.29, 1.82) is 0 Å². The Morgan fingerprint density at radius 2 is 1.09 bits per heavy atom. The second-order valence-electron chi connectivity index (χ2n) is 6.79. The van der Waals surface area contributed by atoms with Crippen LogP contribution in [0.25, 0.3) is 0 Å². The van der Waals surface area contributed by atoms with E-state index in [1.165, 1.54) is 83.5 Å². The molecule has 0 N–H and O–H groups in total. The Labute approximate surface area is 150 Å². The average Bonchev–Trinajstić information content (AvgIpc) is 2.50. The van der Waals surface area contributed by atoms with Gasteiger partial charge in [-0.3, -0.25) is 4.79 Å². The zero-order chi connectivity index (χ0) is 17.2. The van der Waals surface area contributed by atoms with Gasteiger partial charge in [0.1, 0.15) is 5.44 Å². The molecule has 0 fully saturated rings. The molecule has 0 spiro atoms. The molecule has 23 heavy (non-hydrogen) atoms. The number of rotatable bonds is 17. The maximum Gasteiger partial charge on any atom is 0.306 e. The summed E-state index contributed by atoms with van der Waals surface area (Å²) in [6.07, 6.45) is 20.7. The number of esters is 1. The third-order valence-corrected chi connectivity index (χ3v) is 4.39. The minimum atomic E-state index is -0.279. The van der Waals surface area contributed by atoms with Crippen LogP contribution in [0.2, 0.25) is 0 Å². The van der Waals surface area contributed by atoms with Crippen LogP contribution in [0.5, 0.6) is 0 Å². The lowest BCUT2D eigenvalue weighted by Crippen LogP contribution is -2.08. The van der Waals surface area contributed by atoms with Crippen LogP contribution in [0.1, 0.15) is 117 Å². The topological polar surface area (TPSA) is 26.3 Å². The molecule has 0 amide bonds. The van der Waals surface area contributed by atoms with Crippen LogP contribution >= 0.6 is 12.6 Å². The highest BCUT2D eigenvalue weighted by Crippen LogP contribution is 2.14. The van der Waals surface area contributed by atoms with Gasteiger partial charge < -0.3 is 4.74 Å². The minimum Gasteiger partial charge on any atom is -0.452 e. The zero-order valence-electron chi connectivity index (χ0n) is 15.7. The first-order chi connectivity index (χ1) is 11.2. The van der Waals surface area contributed by atoms with Crippen molar-refractivity contribution in [1.82, 2.24) is 0 Å². The number of ether oxygens (including phenoxy) is 1. The zero-order valence-corrected chi connectivity index (χ0v) is 16.5. The second-order valence-corrected chi connectivity index (χ2v) is 7.52. The summed E-state index contributed by atoms with van der Waals surface area (Å²) in [5, 5.41) is 0. The number of hydrogen-bond donors (Lipinski definition) is 1. The highest BCUT2D eigenvalue weighted by molar-refractivity contribution is 7.80. The van der Waals surface area contributed by atoms with Gasteiger partial charge in [0.15, 0.2) is 0 Å². The minimum absolute atomic E-state index is 0.109. The molecule has 0 aromatic heterocycles. The first kappa shape index (κ1) is 22.8. The molecular weight excluding hydrogens is 304 g/mol. The number of carbonyl (C=O) groups excluding carboxylic acids is 1. The molecule has 138 valence electrons. The molecule has 0 aliphatic heterocycles. The second kappa shape index (κ2) is 18.2. The Morgan fingerprint density at radius 1 is 0.739 bits per heavy atom. The third-order valence-electron chi connectivity index (χ3n) is 4.29. The molecule has 0 aromatic carbocycles. The summed E-state index contributed by atoms with van der Waals surface area (Å²) in [5.74, 6) is -0.109. The van der Waals surface area contributed by atoms with E-state index in [0.29, 0.717) is 6.42 Å². The molecular formula is C20H40O2S. The van der Waals surface area contributed by atoms with E-state index in [9.17, 15) is 4.79 Å². The first-order valence-electron chi connectivity index (χ1n) is 10.0. The highest BCUT2D eigenvalue weighted by Gasteiger charge is 2.04. The van der Waals surface area contributed by atoms with Crippen LogP contribution in [-0.2, 0) is 9.53 Å². The normalized spacial score (nSPS) is 12.3. The Bertz CT molecular complexity index is 254. The maximum absolute atomic E-state index is 11.3. The van der Waals surface area contributed by atoms with Gasteiger partial charge in [-0.05, 0) is 13.3 Å². The van der Waals surface area contributed by atoms with Gasteiger partial charge in [0.2, 0.25) is 0 Å². The van der Waals surface area contributed by atoms with Gasteiger partial charge in [-0.1, -0.05) is 96.8 Å². The van der Waals surface area contributed by atoms with E-state index in [1.54, 1.807) is 6.92 Å². The van der Waals surface area contributed by atoms with Crippen molar-refractivity contribution in [2.24, 2.45) is 0 Å². The fourth-order valence-electron chi connectivity index (χ4n) is 2.89. The molecule has 0 saturated heterocycles. The van der Waals surface area contributed by atoms with Crippen molar-refractivity contribution in [3.8, 4) is 0 Å². The molecule has 0 heterocycles. The smallest absolute Gasteiger partial charge is 0.306 e. The molecule has 0 saturated carbocycles. The van der Waals surface area contributed by atoms with Crippen LogP contribution < -0.4 is 0 Å². The van der Waals surface area contributed by atoms with Gasteiger partial charge in [-0.15, -0.1) is 12.6 Å². The van der Waals surface area contributed by atoms with Gasteiger partial charge in [-0.25, -0.2) is 0 Å². The van der Waals surface area contributed by atoms with E-state index in [0.717, 1.165) is 12.8 Å². The molecule has 1 atom stereocenters. The Kier molecular flexibility index (Phi) is 18.0. The van der Waals surface area contributed by atoms with E-state index < -0.39 is 0 Å². The SMILES string of the molecule is CCCCCCCCCCCCCCCCCC(=O)OC(C)S. The fourth-order valence-corrected chi connectivity index (χ4v) is 3.01. The van der Waals surface area contributed by atoms with Crippen LogP contribution in [0, 0.1) is 0 Å².